The molecule has 0 radical (unpaired) electrons. The number of H-pyrrole nitrogens is 2. The number of rotatable bonds is 5. The predicted molar refractivity (Wildman–Crippen MR) is 89.2 cm³/mol. The Kier molecular flexibility index (Phi) is 3.90. The second-order valence-corrected chi connectivity index (χ2v) is 6.55. The molecule has 22 heavy (non-hydrogen) atoms. The number of nitrogens with one attached hydrogen (secondary N) is 3. The highest BCUT2D eigenvalue weighted by molar-refractivity contribution is 7.08. The van der Waals surface area contributed by atoms with Gasteiger partial charge >= 0.3 is 5.69 Å². The standard InChI is InChI=1S/C16H19N3O2S/c1-10(17-9-16(2,21)12-5-6-22-8-12)11-3-4-13-14(7-11)19-15(20)18-13/h3-8,10,17,21H,9H2,1-2H3,(H2,18,19,20). The maximum atomic E-state index is 11.3. The zero-order chi connectivity index (χ0) is 15.7. The molecule has 3 rings (SSSR count). The molecule has 5 nitrogen and oxygen atoms in total. The summed E-state index contributed by atoms with van der Waals surface area (Å²) in [6.07, 6.45) is 0. The summed E-state index contributed by atoms with van der Waals surface area (Å²) in [5.74, 6) is 0. The largest absolute Gasteiger partial charge is 0.384 e. The Hall–Kier alpha value is -1.89. The van der Waals surface area contributed by atoms with Gasteiger partial charge in [-0.1, -0.05) is 6.07 Å². The maximum absolute atomic E-state index is 11.3. The minimum Gasteiger partial charge on any atom is -0.384 e. The van der Waals surface area contributed by atoms with Gasteiger partial charge in [-0.15, -0.1) is 0 Å². The topological polar surface area (TPSA) is 80.9 Å². The van der Waals surface area contributed by atoms with E-state index in [9.17, 15) is 9.90 Å². The molecule has 0 amide bonds. The van der Waals surface area contributed by atoms with Crippen LogP contribution in [0, 0.1) is 0 Å². The summed E-state index contributed by atoms with van der Waals surface area (Å²) in [5, 5.41) is 17.8. The summed E-state index contributed by atoms with van der Waals surface area (Å²) < 4.78 is 0. The van der Waals surface area contributed by atoms with Crippen molar-refractivity contribution < 1.29 is 5.11 Å². The average molecular weight is 317 g/mol. The smallest absolute Gasteiger partial charge is 0.323 e. The summed E-state index contributed by atoms with van der Waals surface area (Å²) in [5.41, 5.74) is 2.47. The lowest BCUT2D eigenvalue weighted by Gasteiger charge is -2.25. The van der Waals surface area contributed by atoms with Gasteiger partial charge in [0, 0.05) is 12.6 Å². The minimum atomic E-state index is -0.902. The first-order chi connectivity index (χ1) is 10.5. The van der Waals surface area contributed by atoms with Crippen molar-refractivity contribution >= 4 is 22.4 Å². The van der Waals surface area contributed by atoms with Crippen LogP contribution in [-0.2, 0) is 5.60 Å². The fourth-order valence-corrected chi connectivity index (χ4v) is 3.24. The van der Waals surface area contributed by atoms with Gasteiger partial charge in [0.05, 0.1) is 11.0 Å². The molecule has 0 spiro atoms. The highest BCUT2D eigenvalue weighted by Gasteiger charge is 2.24. The highest BCUT2D eigenvalue weighted by Crippen LogP contribution is 2.24. The summed E-state index contributed by atoms with van der Waals surface area (Å²) in [6.45, 7) is 4.30. The van der Waals surface area contributed by atoms with Gasteiger partial charge in [0.15, 0.2) is 0 Å². The van der Waals surface area contributed by atoms with Crippen LogP contribution in [0.25, 0.3) is 11.0 Å². The van der Waals surface area contributed by atoms with Gasteiger partial charge in [-0.05, 0) is 53.9 Å². The van der Waals surface area contributed by atoms with Crippen molar-refractivity contribution in [3.63, 3.8) is 0 Å². The third-order valence-electron chi connectivity index (χ3n) is 3.94. The van der Waals surface area contributed by atoms with E-state index < -0.39 is 5.60 Å². The molecule has 3 aromatic rings. The lowest BCUT2D eigenvalue weighted by molar-refractivity contribution is 0.0548. The first-order valence-electron chi connectivity index (χ1n) is 7.16. The first-order valence-corrected chi connectivity index (χ1v) is 8.10. The van der Waals surface area contributed by atoms with Gasteiger partial charge in [-0.2, -0.15) is 11.3 Å². The molecule has 0 aliphatic rings. The Balaban J connectivity index is 1.73. The Bertz CT molecular complexity index is 817. The molecule has 2 atom stereocenters. The lowest BCUT2D eigenvalue weighted by atomic mass is 9.98. The number of imidazole rings is 1. The molecule has 2 aromatic heterocycles. The van der Waals surface area contributed by atoms with Crippen molar-refractivity contribution in [3.8, 4) is 0 Å². The van der Waals surface area contributed by atoms with Crippen molar-refractivity contribution in [2.75, 3.05) is 6.54 Å². The third kappa shape index (κ3) is 2.99. The minimum absolute atomic E-state index is 0.0629. The van der Waals surface area contributed by atoms with Crippen molar-refractivity contribution in [2.24, 2.45) is 0 Å². The van der Waals surface area contributed by atoms with Gasteiger partial charge in [-0.3, -0.25) is 0 Å². The van der Waals surface area contributed by atoms with Gasteiger partial charge in [0.25, 0.3) is 0 Å². The van der Waals surface area contributed by atoms with Crippen LogP contribution in [0.2, 0.25) is 0 Å². The lowest BCUT2D eigenvalue weighted by Crippen LogP contribution is -2.36. The number of fused-ring (bicyclic) bond motifs is 1. The van der Waals surface area contributed by atoms with E-state index in [0.29, 0.717) is 6.54 Å². The van der Waals surface area contributed by atoms with Crippen LogP contribution in [0.15, 0.2) is 39.8 Å². The second-order valence-electron chi connectivity index (χ2n) is 5.77. The molecule has 2 unspecified atom stereocenters. The van der Waals surface area contributed by atoms with E-state index in [0.717, 1.165) is 22.2 Å². The van der Waals surface area contributed by atoms with Crippen LogP contribution >= 0.6 is 11.3 Å². The molecule has 2 heterocycles. The molecule has 0 aliphatic heterocycles. The van der Waals surface area contributed by atoms with E-state index in [4.69, 9.17) is 0 Å². The fourth-order valence-electron chi connectivity index (χ4n) is 2.46. The van der Waals surface area contributed by atoms with Crippen LogP contribution < -0.4 is 11.0 Å². The van der Waals surface area contributed by atoms with Crippen molar-refractivity contribution in [2.45, 2.75) is 25.5 Å². The van der Waals surface area contributed by atoms with Crippen molar-refractivity contribution in [1.82, 2.24) is 15.3 Å². The molecule has 4 N–H and O–H groups in total. The zero-order valence-electron chi connectivity index (χ0n) is 12.5. The second kappa shape index (κ2) is 5.72. The molecule has 0 aliphatic carbocycles. The van der Waals surface area contributed by atoms with E-state index in [1.54, 1.807) is 11.3 Å². The SMILES string of the molecule is CC(NCC(C)(O)c1ccsc1)c1ccc2[nH]c(=O)[nH]c2c1. The van der Waals surface area contributed by atoms with Crippen LogP contribution in [0.5, 0.6) is 0 Å². The fraction of sp³-hybridized carbons (Fsp3) is 0.312. The number of hydrogen-bond donors (Lipinski definition) is 4. The first kappa shape index (κ1) is 15.0. The summed E-state index contributed by atoms with van der Waals surface area (Å²) in [6, 6.07) is 7.81. The number of aliphatic hydroxyl groups is 1. The Labute approximate surface area is 132 Å². The molecule has 0 fully saturated rings. The zero-order valence-corrected chi connectivity index (χ0v) is 13.3. The van der Waals surface area contributed by atoms with Gasteiger partial charge < -0.3 is 20.4 Å². The molecule has 116 valence electrons. The van der Waals surface area contributed by atoms with E-state index in [1.165, 1.54) is 0 Å². The molecule has 0 bridgehead atoms. The average Bonchev–Trinajstić information content (AvgIpc) is 3.12. The molecular weight excluding hydrogens is 298 g/mol. The highest BCUT2D eigenvalue weighted by atomic mass is 32.1. The maximum Gasteiger partial charge on any atom is 0.323 e. The number of benzene rings is 1. The van der Waals surface area contributed by atoms with Crippen molar-refractivity contribution in [1.29, 1.82) is 0 Å². The van der Waals surface area contributed by atoms with E-state index in [-0.39, 0.29) is 11.7 Å². The molecule has 0 saturated heterocycles. The quantitative estimate of drug-likeness (QED) is 0.583. The third-order valence-corrected chi connectivity index (χ3v) is 4.62. The number of aromatic amines is 2. The van der Waals surface area contributed by atoms with E-state index in [2.05, 4.69) is 15.3 Å². The number of hydrogen-bond acceptors (Lipinski definition) is 4. The Morgan fingerprint density at radius 1 is 1.32 bits per heavy atom. The van der Waals surface area contributed by atoms with Crippen LogP contribution in [0.3, 0.4) is 0 Å². The molecule has 0 saturated carbocycles. The summed E-state index contributed by atoms with van der Waals surface area (Å²) >= 11 is 1.58. The molecule has 1 aromatic carbocycles. The Morgan fingerprint density at radius 2 is 2.09 bits per heavy atom. The molecule has 6 heteroatoms. The van der Waals surface area contributed by atoms with E-state index in [1.807, 2.05) is 48.9 Å². The normalized spacial score (nSPS) is 15.8. The Morgan fingerprint density at radius 3 is 2.82 bits per heavy atom. The van der Waals surface area contributed by atoms with Crippen LogP contribution in [0.1, 0.15) is 31.0 Å². The van der Waals surface area contributed by atoms with Gasteiger partial charge in [0.2, 0.25) is 0 Å². The van der Waals surface area contributed by atoms with E-state index >= 15 is 0 Å². The van der Waals surface area contributed by atoms with Crippen molar-refractivity contribution in [3.05, 3.63) is 56.6 Å². The van der Waals surface area contributed by atoms with Crippen LogP contribution in [0.4, 0.5) is 0 Å². The monoisotopic (exact) mass is 317 g/mol. The summed E-state index contributed by atoms with van der Waals surface area (Å²) in [4.78, 5) is 16.8. The number of thiophene rings is 1. The van der Waals surface area contributed by atoms with Gasteiger partial charge in [-0.25, -0.2) is 4.79 Å². The number of aromatic nitrogens is 2. The predicted octanol–water partition coefficient (Wildman–Crippen LogP) is 2.48. The van der Waals surface area contributed by atoms with Gasteiger partial charge in [0.1, 0.15) is 5.60 Å². The summed E-state index contributed by atoms with van der Waals surface area (Å²) in [7, 11) is 0. The van der Waals surface area contributed by atoms with Crippen LogP contribution in [-0.4, -0.2) is 21.6 Å². The molecular formula is C16H19N3O2S.